The van der Waals surface area contributed by atoms with Gasteiger partial charge in [0, 0.05) is 10.6 Å². The number of hydrogen-bond donors (Lipinski definition) is 0. The SMILES string of the molecule is Cc1ccc(COc2ccc(Cl)cc2/C=C2\SC(=Nc3ccc(C)cc3)N(c3ccc(C)cc3)C2=O)cc1. The van der Waals surface area contributed by atoms with E-state index in [1.54, 1.807) is 11.0 Å². The predicted octanol–water partition coefficient (Wildman–Crippen LogP) is 8.65. The summed E-state index contributed by atoms with van der Waals surface area (Å²) >= 11 is 7.69. The van der Waals surface area contributed by atoms with Gasteiger partial charge in [0.05, 0.1) is 16.3 Å². The molecule has 5 rings (SSSR count). The van der Waals surface area contributed by atoms with Crippen LogP contribution in [0, 0.1) is 20.8 Å². The van der Waals surface area contributed by atoms with Crippen molar-refractivity contribution in [1.29, 1.82) is 0 Å². The zero-order chi connectivity index (χ0) is 26.6. The number of ether oxygens (including phenoxy) is 1. The summed E-state index contributed by atoms with van der Waals surface area (Å²) in [6, 6.07) is 29.5. The highest BCUT2D eigenvalue weighted by atomic mass is 35.5. The van der Waals surface area contributed by atoms with Crippen LogP contribution in [-0.4, -0.2) is 11.1 Å². The zero-order valence-electron chi connectivity index (χ0n) is 21.4. The summed E-state index contributed by atoms with van der Waals surface area (Å²) in [4.78, 5) is 20.8. The zero-order valence-corrected chi connectivity index (χ0v) is 23.0. The third kappa shape index (κ3) is 6.01. The van der Waals surface area contributed by atoms with Gasteiger partial charge in [-0.1, -0.05) is 76.8 Å². The Kier molecular flexibility index (Phi) is 7.68. The Labute approximate surface area is 232 Å². The molecule has 0 aromatic heterocycles. The highest BCUT2D eigenvalue weighted by molar-refractivity contribution is 8.19. The van der Waals surface area contributed by atoms with Crippen molar-refractivity contribution in [3.05, 3.63) is 129 Å². The van der Waals surface area contributed by atoms with Crippen molar-refractivity contribution in [2.24, 2.45) is 4.99 Å². The molecule has 1 fully saturated rings. The van der Waals surface area contributed by atoms with Crippen molar-refractivity contribution in [3.63, 3.8) is 0 Å². The molecule has 1 saturated heterocycles. The average molecular weight is 539 g/mol. The number of rotatable bonds is 6. The van der Waals surface area contributed by atoms with E-state index in [2.05, 4.69) is 19.1 Å². The van der Waals surface area contributed by atoms with Crippen LogP contribution in [-0.2, 0) is 11.4 Å². The summed E-state index contributed by atoms with van der Waals surface area (Å²) in [5.74, 6) is 0.510. The Morgan fingerprint density at radius 3 is 2.11 bits per heavy atom. The van der Waals surface area contributed by atoms with Crippen molar-refractivity contribution in [1.82, 2.24) is 0 Å². The van der Waals surface area contributed by atoms with E-state index < -0.39 is 0 Å². The predicted molar refractivity (Wildman–Crippen MR) is 159 cm³/mol. The molecule has 1 heterocycles. The van der Waals surface area contributed by atoms with E-state index in [4.69, 9.17) is 21.3 Å². The number of aliphatic imine (C=N–C) groups is 1. The molecule has 0 atom stereocenters. The minimum absolute atomic E-state index is 0.144. The summed E-state index contributed by atoms with van der Waals surface area (Å²) in [5, 5.41) is 1.16. The minimum Gasteiger partial charge on any atom is -0.488 e. The van der Waals surface area contributed by atoms with E-state index in [-0.39, 0.29) is 5.91 Å². The molecule has 1 amide bonds. The lowest BCUT2D eigenvalue weighted by Crippen LogP contribution is -2.28. The quantitative estimate of drug-likeness (QED) is 0.231. The maximum atomic E-state index is 13.7. The fourth-order valence-corrected chi connectivity index (χ4v) is 5.12. The van der Waals surface area contributed by atoms with Crippen molar-refractivity contribution in [2.75, 3.05) is 4.90 Å². The van der Waals surface area contributed by atoms with Gasteiger partial charge in [0.25, 0.3) is 5.91 Å². The number of nitrogens with zero attached hydrogens (tertiary/aromatic N) is 2. The van der Waals surface area contributed by atoms with Crippen LogP contribution < -0.4 is 9.64 Å². The molecule has 4 aromatic rings. The van der Waals surface area contributed by atoms with Crippen LogP contribution in [0.3, 0.4) is 0 Å². The number of hydrogen-bond acceptors (Lipinski definition) is 4. The van der Waals surface area contributed by atoms with Crippen molar-refractivity contribution in [3.8, 4) is 5.75 Å². The first-order valence-corrected chi connectivity index (χ1v) is 13.5. The van der Waals surface area contributed by atoms with Crippen molar-refractivity contribution < 1.29 is 9.53 Å². The number of carbonyl (C=O) groups excluding carboxylic acids is 1. The van der Waals surface area contributed by atoms with Gasteiger partial charge < -0.3 is 4.74 Å². The molecule has 38 heavy (non-hydrogen) atoms. The molecule has 6 heteroatoms. The van der Waals surface area contributed by atoms with E-state index in [0.29, 0.717) is 27.5 Å². The second-order valence-electron chi connectivity index (χ2n) is 9.27. The number of amidine groups is 1. The van der Waals surface area contributed by atoms with Crippen LogP contribution in [0.15, 0.2) is 101 Å². The lowest BCUT2D eigenvalue weighted by atomic mass is 10.1. The lowest BCUT2D eigenvalue weighted by molar-refractivity contribution is -0.113. The monoisotopic (exact) mass is 538 g/mol. The van der Waals surface area contributed by atoms with Crippen LogP contribution in [0.5, 0.6) is 5.75 Å². The topological polar surface area (TPSA) is 41.9 Å². The Morgan fingerprint density at radius 1 is 0.842 bits per heavy atom. The molecule has 0 spiro atoms. The molecule has 1 aliphatic rings. The first-order chi connectivity index (χ1) is 18.4. The van der Waals surface area contributed by atoms with Gasteiger partial charge in [0.2, 0.25) is 0 Å². The highest BCUT2D eigenvalue weighted by Crippen LogP contribution is 2.39. The van der Waals surface area contributed by atoms with Gasteiger partial charge >= 0.3 is 0 Å². The normalized spacial score (nSPS) is 15.5. The standard InChI is InChI=1S/C32H27ClN2O2S/c1-21-4-10-24(11-5-21)20-37-29-17-12-26(33)18-25(29)19-30-31(36)35(28-15-8-23(3)9-16-28)32(38-30)34-27-13-6-22(2)7-14-27/h4-19H,20H2,1-3H3/b30-19-,34-32?. The smallest absolute Gasteiger partial charge is 0.271 e. The number of amides is 1. The molecule has 0 N–H and O–H groups in total. The molecule has 0 saturated carbocycles. The number of anilines is 1. The van der Waals surface area contributed by atoms with Crippen molar-refractivity contribution >= 4 is 51.9 Å². The first-order valence-electron chi connectivity index (χ1n) is 12.3. The van der Waals surface area contributed by atoms with Crippen LogP contribution in [0.4, 0.5) is 11.4 Å². The molecule has 4 aromatic carbocycles. The third-order valence-corrected chi connectivity index (χ3v) is 7.33. The molecule has 190 valence electrons. The van der Waals surface area contributed by atoms with E-state index in [9.17, 15) is 4.79 Å². The van der Waals surface area contributed by atoms with Gasteiger partial charge in [0.1, 0.15) is 12.4 Å². The summed E-state index contributed by atoms with van der Waals surface area (Å²) < 4.78 is 6.15. The summed E-state index contributed by atoms with van der Waals surface area (Å²) in [6.07, 6.45) is 1.84. The fraction of sp³-hybridized carbons (Fsp3) is 0.125. The molecule has 0 radical (unpaired) electrons. The second-order valence-corrected chi connectivity index (χ2v) is 10.7. The largest absolute Gasteiger partial charge is 0.488 e. The molecular formula is C32H27ClN2O2S. The van der Waals surface area contributed by atoms with E-state index in [0.717, 1.165) is 33.6 Å². The van der Waals surface area contributed by atoms with Gasteiger partial charge in [0.15, 0.2) is 5.17 Å². The van der Waals surface area contributed by atoms with Crippen molar-refractivity contribution in [2.45, 2.75) is 27.4 Å². The number of carbonyl (C=O) groups is 1. The maximum absolute atomic E-state index is 13.7. The van der Waals surface area contributed by atoms with E-state index >= 15 is 0 Å². The summed E-state index contributed by atoms with van der Waals surface area (Å²) in [7, 11) is 0. The Bertz CT molecular complexity index is 1530. The first kappa shape index (κ1) is 25.8. The summed E-state index contributed by atoms with van der Waals surface area (Å²) in [5.41, 5.74) is 6.82. The van der Waals surface area contributed by atoms with Crippen LogP contribution in [0.1, 0.15) is 27.8 Å². The lowest BCUT2D eigenvalue weighted by Gasteiger charge is -2.16. The number of aryl methyl sites for hydroxylation is 3. The number of halogens is 1. The van der Waals surface area contributed by atoms with E-state index in [1.807, 2.05) is 92.7 Å². The minimum atomic E-state index is -0.144. The molecule has 0 bridgehead atoms. The third-order valence-electron chi connectivity index (χ3n) is 6.13. The number of benzene rings is 4. The highest BCUT2D eigenvalue weighted by Gasteiger charge is 2.35. The molecule has 0 aliphatic carbocycles. The Balaban J connectivity index is 1.50. The molecule has 4 nitrogen and oxygen atoms in total. The fourth-order valence-electron chi connectivity index (χ4n) is 3.95. The Morgan fingerprint density at radius 2 is 1.45 bits per heavy atom. The van der Waals surface area contributed by atoms with Gasteiger partial charge in [-0.25, -0.2) is 4.99 Å². The molecular weight excluding hydrogens is 512 g/mol. The van der Waals surface area contributed by atoms with Gasteiger partial charge in [-0.2, -0.15) is 0 Å². The summed E-state index contributed by atoms with van der Waals surface area (Å²) in [6.45, 7) is 6.53. The van der Waals surface area contributed by atoms with Gasteiger partial charge in [-0.15, -0.1) is 0 Å². The number of thioether (sulfide) groups is 1. The molecule has 1 aliphatic heterocycles. The van der Waals surface area contributed by atoms with Gasteiger partial charge in [-0.05, 0) is 86.6 Å². The van der Waals surface area contributed by atoms with E-state index in [1.165, 1.54) is 17.3 Å². The van der Waals surface area contributed by atoms with Crippen LogP contribution in [0.2, 0.25) is 5.02 Å². The Hall–Kier alpha value is -3.80. The maximum Gasteiger partial charge on any atom is 0.271 e. The van der Waals surface area contributed by atoms with Crippen LogP contribution >= 0.6 is 23.4 Å². The van der Waals surface area contributed by atoms with Gasteiger partial charge in [-0.3, -0.25) is 9.69 Å². The van der Waals surface area contributed by atoms with Crippen LogP contribution in [0.25, 0.3) is 6.08 Å². The second kappa shape index (κ2) is 11.3. The molecule has 0 unspecified atom stereocenters. The average Bonchev–Trinajstić information content (AvgIpc) is 3.20.